The smallest absolute Gasteiger partial charge is 0.338 e. The van der Waals surface area contributed by atoms with E-state index < -0.39 is 12.1 Å². The van der Waals surface area contributed by atoms with Crippen LogP contribution in [-0.2, 0) is 22.5 Å². The predicted molar refractivity (Wildman–Crippen MR) is 113 cm³/mol. The Balaban J connectivity index is 1.37. The molecule has 7 nitrogen and oxygen atoms in total. The summed E-state index contributed by atoms with van der Waals surface area (Å²) in [5, 5.41) is 3.32. The zero-order chi connectivity index (χ0) is 21.1. The number of aromatic nitrogens is 2. The number of rotatable bonds is 6. The van der Waals surface area contributed by atoms with Crippen LogP contribution in [0.5, 0.6) is 0 Å². The van der Waals surface area contributed by atoms with Crippen LogP contribution < -0.4 is 10.9 Å². The molecule has 1 N–H and O–H groups in total. The first-order valence-corrected chi connectivity index (χ1v) is 10.7. The van der Waals surface area contributed by atoms with E-state index >= 15 is 0 Å². The fourth-order valence-electron chi connectivity index (χ4n) is 4.11. The molecule has 2 heterocycles. The van der Waals surface area contributed by atoms with Crippen LogP contribution in [0.25, 0.3) is 10.9 Å². The molecule has 0 bridgehead atoms. The second kappa shape index (κ2) is 8.81. The second-order valence-corrected chi connectivity index (χ2v) is 8.02. The van der Waals surface area contributed by atoms with Crippen LogP contribution in [0.4, 0.5) is 0 Å². The van der Waals surface area contributed by atoms with Crippen LogP contribution in [0.1, 0.15) is 61.6 Å². The van der Waals surface area contributed by atoms with Crippen molar-refractivity contribution in [3.8, 4) is 0 Å². The fraction of sp³-hybridized carbons (Fsp3) is 0.478. The molecule has 1 atom stereocenters. The molecule has 1 aromatic carbocycles. The zero-order valence-corrected chi connectivity index (χ0v) is 17.3. The number of fused-ring (bicyclic) bond motifs is 2. The lowest BCUT2D eigenvalue weighted by Crippen LogP contribution is -2.36. The summed E-state index contributed by atoms with van der Waals surface area (Å²) in [5.41, 5.74) is 2.08. The molecule has 0 unspecified atom stereocenters. The minimum absolute atomic E-state index is 0.0757. The van der Waals surface area contributed by atoms with Gasteiger partial charge < -0.3 is 10.1 Å². The van der Waals surface area contributed by atoms with E-state index in [1.54, 1.807) is 29.7 Å². The van der Waals surface area contributed by atoms with Gasteiger partial charge in [-0.1, -0.05) is 11.6 Å². The number of aryl methyl sites for hydroxylation is 1. The van der Waals surface area contributed by atoms with Crippen molar-refractivity contribution < 1.29 is 14.3 Å². The summed E-state index contributed by atoms with van der Waals surface area (Å²) < 4.78 is 7.03. The highest BCUT2D eigenvalue weighted by molar-refractivity contribution is 5.95. The van der Waals surface area contributed by atoms with Gasteiger partial charge in [-0.05, 0) is 63.6 Å². The average Bonchev–Trinajstić information content (AvgIpc) is 3.23. The number of carbonyl (C=O) groups is 2. The highest BCUT2D eigenvalue weighted by Crippen LogP contribution is 2.19. The maximum atomic E-state index is 12.5. The Hall–Kier alpha value is -2.96. The van der Waals surface area contributed by atoms with Crippen molar-refractivity contribution in [3.63, 3.8) is 0 Å². The third-order valence-electron chi connectivity index (χ3n) is 5.84. The molecule has 0 radical (unpaired) electrons. The van der Waals surface area contributed by atoms with Gasteiger partial charge in [0.1, 0.15) is 5.82 Å². The van der Waals surface area contributed by atoms with E-state index in [0.29, 0.717) is 24.0 Å². The summed E-state index contributed by atoms with van der Waals surface area (Å²) in [6, 6.07) is 4.73. The molecule has 7 heteroatoms. The Labute approximate surface area is 175 Å². The first-order chi connectivity index (χ1) is 14.5. The van der Waals surface area contributed by atoms with Crippen molar-refractivity contribution in [1.29, 1.82) is 0 Å². The minimum Gasteiger partial charge on any atom is -0.449 e. The summed E-state index contributed by atoms with van der Waals surface area (Å²) in [5.74, 6) is -0.162. The molecule has 2 aliphatic rings. The lowest BCUT2D eigenvalue weighted by atomic mass is 9.97. The molecule has 4 rings (SSSR count). The van der Waals surface area contributed by atoms with Crippen molar-refractivity contribution in [1.82, 2.24) is 14.9 Å². The number of nitrogens with one attached hydrogen (secondary N) is 1. The molecular weight excluding hydrogens is 382 g/mol. The Kier molecular flexibility index (Phi) is 5.97. The summed E-state index contributed by atoms with van der Waals surface area (Å²) >= 11 is 0. The predicted octanol–water partition coefficient (Wildman–Crippen LogP) is 2.89. The summed E-state index contributed by atoms with van der Waals surface area (Å²) in [6.07, 6.45) is 8.53. The van der Waals surface area contributed by atoms with Gasteiger partial charge in [-0.2, -0.15) is 0 Å². The lowest BCUT2D eigenvalue weighted by molar-refractivity contribution is -0.129. The first kappa shape index (κ1) is 20.3. The van der Waals surface area contributed by atoms with Crippen molar-refractivity contribution in [2.75, 3.05) is 6.54 Å². The minimum atomic E-state index is -0.896. The van der Waals surface area contributed by atoms with Crippen LogP contribution >= 0.6 is 0 Å². The van der Waals surface area contributed by atoms with Crippen LogP contribution in [0.3, 0.4) is 0 Å². The first-order valence-electron chi connectivity index (χ1n) is 10.7. The standard InChI is InChI=1S/C23H27N3O4/c1-15(21(27)24-12-11-16-6-3-2-4-7-16)30-23(29)17-9-10-18-19(14-17)25-20-8-5-13-26(20)22(18)28/h6,9-10,14-15H,2-5,7-8,11-13H2,1H3,(H,24,27)/t15-/m0/s1. The monoisotopic (exact) mass is 409 g/mol. The Morgan fingerprint density at radius 2 is 2.10 bits per heavy atom. The molecule has 1 aliphatic heterocycles. The Morgan fingerprint density at radius 3 is 2.90 bits per heavy atom. The van der Waals surface area contributed by atoms with E-state index in [4.69, 9.17) is 4.74 Å². The van der Waals surface area contributed by atoms with Gasteiger partial charge in [-0.3, -0.25) is 14.2 Å². The molecule has 0 spiro atoms. The molecule has 1 aromatic heterocycles. The van der Waals surface area contributed by atoms with Crippen molar-refractivity contribution in [2.24, 2.45) is 0 Å². The van der Waals surface area contributed by atoms with Gasteiger partial charge in [-0.15, -0.1) is 0 Å². The van der Waals surface area contributed by atoms with E-state index in [1.165, 1.54) is 18.4 Å². The van der Waals surface area contributed by atoms with E-state index in [-0.39, 0.29) is 17.0 Å². The maximum absolute atomic E-state index is 12.5. The number of hydrogen-bond acceptors (Lipinski definition) is 5. The van der Waals surface area contributed by atoms with Crippen LogP contribution in [0.2, 0.25) is 0 Å². The van der Waals surface area contributed by atoms with Gasteiger partial charge >= 0.3 is 5.97 Å². The number of benzene rings is 1. The molecule has 1 aliphatic carbocycles. The molecule has 1 amide bonds. The van der Waals surface area contributed by atoms with Crippen LogP contribution in [-0.4, -0.2) is 34.1 Å². The maximum Gasteiger partial charge on any atom is 0.338 e. The van der Waals surface area contributed by atoms with Gasteiger partial charge in [0.25, 0.3) is 11.5 Å². The molecule has 30 heavy (non-hydrogen) atoms. The van der Waals surface area contributed by atoms with Gasteiger partial charge in [0, 0.05) is 19.5 Å². The largest absolute Gasteiger partial charge is 0.449 e. The molecule has 0 fully saturated rings. The van der Waals surface area contributed by atoms with Gasteiger partial charge in [0.05, 0.1) is 16.5 Å². The van der Waals surface area contributed by atoms with E-state index in [1.807, 2.05) is 0 Å². The lowest BCUT2D eigenvalue weighted by Gasteiger charge is -2.16. The van der Waals surface area contributed by atoms with Crippen molar-refractivity contribution in [3.05, 3.63) is 51.6 Å². The van der Waals surface area contributed by atoms with E-state index in [2.05, 4.69) is 16.4 Å². The summed E-state index contributed by atoms with van der Waals surface area (Å²) in [6.45, 7) is 2.79. The van der Waals surface area contributed by atoms with Crippen LogP contribution in [0, 0.1) is 0 Å². The molecule has 0 saturated heterocycles. The number of amides is 1. The summed E-state index contributed by atoms with van der Waals surface area (Å²) in [4.78, 5) is 41.9. The van der Waals surface area contributed by atoms with Crippen molar-refractivity contribution >= 4 is 22.8 Å². The second-order valence-electron chi connectivity index (χ2n) is 8.02. The number of carbonyl (C=O) groups excluding carboxylic acids is 2. The third kappa shape index (κ3) is 4.30. The zero-order valence-electron chi connectivity index (χ0n) is 17.3. The quantitative estimate of drug-likeness (QED) is 0.585. The molecule has 0 saturated carbocycles. The van der Waals surface area contributed by atoms with E-state index in [9.17, 15) is 14.4 Å². The van der Waals surface area contributed by atoms with E-state index in [0.717, 1.165) is 37.9 Å². The number of hydrogen-bond donors (Lipinski definition) is 1. The SMILES string of the molecule is C[C@H](OC(=O)c1ccc2c(=O)n3c(nc2c1)CCC3)C(=O)NCCC1=CCCCC1. The highest BCUT2D eigenvalue weighted by atomic mass is 16.5. The number of allylic oxidation sites excluding steroid dienone is 1. The van der Waals surface area contributed by atoms with Gasteiger partial charge in [0.15, 0.2) is 6.10 Å². The topological polar surface area (TPSA) is 90.3 Å². The fourth-order valence-corrected chi connectivity index (χ4v) is 4.11. The van der Waals surface area contributed by atoms with Gasteiger partial charge in [0.2, 0.25) is 0 Å². The molecule has 2 aromatic rings. The third-order valence-corrected chi connectivity index (χ3v) is 5.84. The normalized spacial score (nSPS) is 16.6. The Morgan fingerprint density at radius 1 is 1.23 bits per heavy atom. The molecular formula is C23H27N3O4. The highest BCUT2D eigenvalue weighted by Gasteiger charge is 2.21. The molecule has 158 valence electrons. The number of esters is 1. The number of ether oxygens (including phenoxy) is 1. The van der Waals surface area contributed by atoms with Crippen LogP contribution in [0.15, 0.2) is 34.6 Å². The average molecular weight is 409 g/mol. The summed E-state index contributed by atoms with van der Waals surface area (Å²) in [7, 11) is 0. The number of nitrogens with zero attached hydrogens (tertiary/aromatic N) is 2. The Bertz CT molecular complexity index is 1070. The van der Waals surface area contributed by atoms with Crippen molar-refractivity contribution in [2.45, 2.75) is 64.5 Å². The van der Waals surface area contributed by atoms with Gasteiger partial charge in [-0.25, -0.2) is 9.78 Å².